The van der Waals surface area contributed by atoms with E-state index >= 15 is 0 Å². The number of nitrogen functional groups attached to an aromatic ring is 1. The summed E-state index contributed by atoms with van der Waals surface area (Å²) in [5.41, 5.74) is 5.43. The summed E-state index contributed by atoms with van der Waals surface area (Å²) in [5.74, 6) is -0.0375. The summed E-state index contributed by atoms with van der Waals surface area (Å²) in [5, 5.41) is -0.244. The number of aromatic nitrogens is 4. The van der Waals surface area contributed by atoms with Crippen LogP contribution >= 0.6 is 0 Å². The van der Waals surface area contributed by atoms with Crippen LogP contribution in [0.15, 0.2) is 34.2 Å². The lowest BCUT2D eigenvalue weighted by molar-refractivity contribution is -0.137. The molecule has 12 heteroatoms. The van der Waals surface area contributed by atoms with Crippen molar-refractivity contribution in [3.63, 3.8) is 0 Å². The van der Waals surface area contributed by atoms with E-state index in [1.54, 1.807) is 6.92 Å². The van der Waals surface area contributed by atoms with E-state index in [0.29, 0.717) is 12.0 Å². The molecule has 0 aliphatic carbocycles. The maximum absolute atomic E-state index is 12.7. The first kappa shape index (κ1) is 20.8. The van der Waals surface area contributed by atoms with Crippen LogP contribution < -0.4 is 11.4 Å². The third-order valence-corrected chi connectivity index (χ3v) is 6.08. The summed E-state index contributed by atoms with van der Waals surface area (Å²) in [7, 11) is -3.26. The Morgan fingerprint density at radius 3 is 2.48 bits per heavy atom. The van der Waals surface area contributed by atoms with Crippen LogP contribution in [0.2, 0.25) is 0 Å². The predicted molar refractivity (Wildman–Crippen MR) is 102 cm³/mol. The Balaban J connectivity index is 1.94. The van der Waals surface area contributed by atoms with Crippen molar-refractivity contribution >= 4 is 26.7 Å². The maximum Gasteiger partial charge on any atom is 0.416 e. The number of anilines is 1. The Morgan fingerprint density at radius 2 is 1.90 bits per heavy atom. The first-order valence-corrected chi connectivity index (χ1v) is 10.4. The highest BCUT2D eigenvalue weighted by atomic mass is 32.2. The van der Waals surface area contributed by atoms with Crippen LogP contribution in [0, 0.1) is 4.78 Å². The van der Waals surface area contributed by atoms with E-state index in [1.807, 2.05) is 0 Å². The van der Waals surface area contributed by atoms with E-state index in [-0.39, 0.29) is 40.9 Å². The van der Waals surface area contributed by atoms with Gasteiger partial charge >= 0.3 is 11.9 Å². The molecular formula is C17H19F3N6O2S. The summed E-state index contributed by atoms with van der Waals surface area (Å²) in [6, 6.07) is 4.64. The van der Waals surface area contributed by atoms with Gasteiger partial charge in [0.25, 0.3) is 0 Å². The smallest absolute Gasteiger partial charge is 0.382 e. The number of halogens is 3. The zero-order valence-electron chi connectivity index (χ0n) is 15.4. The molecule has 0 amide bonds. The number of hydrogen-bond acceptors (Lipinski definition) is 6. The van der Waals surface area contributed by atoms with Gasteiger partial charge < -0.3 is 10.7 Å². The summed E-state index contributed by atoms with van der Waals surface area (Å²) in [6.45, 7) is 1.87. The van der Waals surface area contributed by atoms with Gasteiger partial charge in [-0.1, -0.05) is 19.1 Å². The van der Waals surface area contributed by atoms with Crippen LogP contribution in [0.25, 0.3) is 11.2 Å². The first-order valence-electron chi connectivity index (χ1n) is 8.71. The second-order valence-corrected chi connectivity index (χ2v) is 8.62. The predicted octanol–water partition coefficient (Wildman–Crippen LogP) is 2.78. The number of nitrogens with zero attached hydrogens (tertiary/aromatic N) is 3. The van der Waals surface area contributed by atoms with Crippen LogP contribution in [0.5, 0.6) is 0 Å². The SMILES string of the molecule is CCCS(=N)(=O)c1nc(N)c2[nH]c(=O)n(CCc3ccc(C(F)(F)F)cc3)c2n1. The molecule has 0 saturated carbocycles. The highest BCUT2D eigenvalue weighted by Crippen LogP contribution is 2.29. The molecule has 0 aliphatic rings. The van der Waals surface area contributed by atoms with Crippen molar-refractivity contribution in [1.82, 2.24) is 19.5 Å². The molecule has 0 saturated heterocycles. The highest BCUT2D eigenvalue weighted by Gasteiger charge is 2.29. The van der Waals surface area contributed by atoms with Gasteiger partial charge in [-0.05, 0) is 30.5 Å². The Bertz CT molecular complexity index is 1200. The molecule has 1 atom stereocenters. The summed E-state index contributed by atoms with van der Waals surface area (Å²) in [6.07, 6.45) is -3.67. The van der Waals surface area contributed by atoms with Gasteiger partial charge in [0.1, 0.15) is 15.2 Å². The number of benzene rings is 1. The number of nitrogens with two attached hydrogens (primary N) is 1. The van der Waals surface area contributed by atoms with Crippen molar-refractivity contribution < 1.29 is 17.4 Å². The van der Waals surface area contributed by atoms with Gasteiger partial charge in [-0.15, -0.1) is 0 Å². The number of fused-ring (bicyclic) bond motifs is 1. The summed E-state index contributed by atoms with van der Waals surface area (Å²) >= 11 is 0. The summed E-state index contributed by atoms with van der Waals surface area (Å²) < 4.78 is 59.7. The van der Waals surface area contributed by atoms with Crippen molar-refractivity contribution in [1.29, 1.82) is 4.78 Å². The average molecular weight is 428 g/mol. The topological polar surface area (TPSA) is 131 Å². The molecule has 8 nitrogen and oxygen atoms in total. The molecule has 0 radical (unpaired) electrons. The normalized spacial score (nSPS) is 14.2. The van der Waals surface area contributed by atoms with Crippen LogP contribution in [0.1, 0.15) is 24.5 Å². The second kappa shape index (κ2) is 7.50. The van der Waals surface area contributed by atoms with E-state index in [4.69, 9.17) is 10.5 Å². The number of H-pyrrole nitrogens is 1. The van der Waals surface area contributed by atoms with Gasteiger partial charge in [-0.2, -0.15) is 18.2 Å². The van der Waals surface area contributed by atoms with Crippen LogP contribution in [0.4, 0.5) is 19.0 Å². The Hall–Kier alpha value is -2.89. The van der Waals surface area contributed by atoms with E-state index in [0.717, 1.165) is 12.1 Å². The number of rotatable bonds is 6. The monoisotopic (exact) mass is 428 g/mol. The minimum Gasteiger partial charge on any atom is -0.382 e. The third kappa shape index (κ3) is 4.26. The van der Waals surface area contributed by atoms with Gasteiger partial charge in [-0.25, -0.2) is 18.8 Å². The lowest BCUT2D eigenvalue weighted by Gasteiger charge is -2.09. The standard InChI is InChI=1S/C17H19F3N6O2S/c1-2-9-29(22,28)15-24-13(21)12-14(25-15)26(16(27)23-12)8-7-10-3-5-11(6-4-10)17(18,19)20/h3-6,22H,2,7-9H2,1H3,(H,23,27)(H2,21,24,25). The average Bonchev–Trinajstić information content (AvgIpc) is 2.95. The number of alkyl halides is 3. The fourth-order valence-corrected chi connectivity index (χ4v) is 4.10. The minimum absolute atomic E-state index is 0.0537. The molecule has 3 rings (SSSR count). The van der Waals surface area contributed by atoms with E-state index in [9.17, 15) is 22.2 Å². The van der Waals surface area contributed by atoms with Crippen molar-refractivity contribution in [2.45, 2.75) is 37.6 Å². The van der Waals surface area contributed by atoms with E-state index in [1.165, 1.54) is 16.7 Å². The molecule has 29 heavy (non-hydrogen) atoms. The molecule has 0 fully saturated rings. The molecule has 3 aromatic rings. The van der Waals surface area contributed by atoms with Gasteiger partial charge in [0.05, 0.1) is 5.56 Å². The van der Waals surface area contributed by atoms with Crippen LogP contribution in [0.3, 0.4) is 0 Å². The van der Waals surface area contributed by atoms with Crippen molar-refractivity contribution in [2.75, 3.05) is 11.5 Å². The second-order valence-electron chi connectivity index (χ2n) is 6.50. The number of imidazole rings is 1. The lowest BCUT2D eigenvalue weighted by atomic mass is 10.1. The van der Waals surface area contributed by atoms with Gasteiger partial charge in [0, 0.05) is 12.3 Å². The van der Waals surface area contributed by atoms with Gasteiger partial charge in [0.15, 0.2) is 11.5 Å². The zero-order chi connectivity index (χ0) is 21.4. The molecule has 2 heterocycles. The minimum atomic E-state index is -4.42. The maximum atomic E-state index is 12.7. The highest BCUT2D eigenvalue weighted by molar-refractivity contribution is 7.92. The Kier molecular flexibility index (Phi) is 5.39. The van der Waals surface area contributed by atoms with Gasteiger partial charge in [0.2, 0.25) is 5.16 Å². The third-order valence-electron chi connectivity index (χ3n) is 4.32. The molecule has 1 unspecified atom stereocenters. The summed E-state index contributed by atoms with van der Waals surface area (Å²) in [4.78, 5) is 22.9. The fraction of sp³-hybridized carbons (Fsp3) is 0.353. The van der Waals surface area contributed by atoms with Crippen molar-refractivity contribution in [2.24, 2.45) is 0 Å². The largest absolute Gasteiger partial charge is 0.416 e. The van der Waals surface area contributed by atoms with E-state index < -0.39 is 27.2 Å². The molecule has 2 aromatic heterocycles. The molecule has 4 N–H and O–H groups in total. The Morgan fingerprint density at radius 1 is 1.24 bits per heavy atom. The van der Waals surface area contributed by atoms with E-state index in [2.05, 4.69) is 15.0 Å². The number of aromatic amines is 1. The lowest BCUT2D eigenvalue weighted by Crippen LogP contribution is -2.19. The first-order chi connectivity index (χ1) is 13.5. The van der Waals surface area contributed by atoms with Crippen molar-refractivity contribution in [3.8, 4) is 0 Å². The number of hydrogen-bond donors (Lipinski definition) is 3. The molecule has 1 aromatic carbocycles. The van der Waals surface area contributed by atoms with Gasteiger partial charge in [-0.3, -0.25) is 4.57 Å². The van der Waals surface area contributed by atoms with Crippen LogP contribution in [-0.2, 0) is 28.9 Å². The molecule has 0 aliphatic heterocycles. The Labute approximate surface area is 164 Å². The molecular weight excluding hydrogens is 409 g/mol. The fourth-order valence-electron chi connectivity index (χ4n) is 2.87. The number of aryl methyl sites for hydroxylation is 2. The molecule has 0 spiro atoms. The van der Waals surface area contributed by atoms with Crippen LogP contribution in [-0.4, -0.2) is 29.5 Å². The quantitative estimate of drug-likeness (QED) is 0.520. The molecule has 0 bridgehead atoms. The number of nitrogens with one attached hydrogen (secondary N) is 2. The molecule has 156 valence electrons. The zero-order valence-corrected chi connectivity index (χ0v) is 16.2. The van der Waals surface area contributed by atoms with Crippen molar-refractivity contribution in [3.05, 3.63) is 45.9 Å².